The molecule has 0 saturated carbocycles. The van der Waals surface area contributed by atoms with Gasteiger partial charge in [-0.25, -0.2) is 8.42 Å². The average molecular weight is 499 g/mol. The van der Waals surface area contributed by atoms with Crippen molar-refractivity contribution in [2.75, 3.05) is 13.1 Å². The number of nitrogens with zero attached hydrogens (tertiary/aromatic N) is 1. The highest BCUT2D eigenvalue weighted by Gasteiger charge is 2.36. The number of rotatable bonds is 11. The molecule has 188 valence electrons. The van der Waals surface area contributed by atoms with Gasteiger partial charge < -0.3 is 16.0 Å². The maximum atomic E-state index is 13.1. The molecule has 2 aromatic carbocycles. The van der Waals surface area contributed by atoms with Crippen LogP contribution in [0.2, 0.25) is 0 Å². The molecule has 0 unspecified atom stereocenters. The normalized spacial score (nSPS) is 15.8. The number of aryl methyl sites for hydroxylation is 1. The van der Waals surface area contributed by atoms with E-state index in [0.29, 0.717) is 18.9 Å². The zero-order valence-corrected chi connectivity index (χ0v) is 21.3. The molecule has 0 spiro atoms. The number of amides is 2. The van der Waals surface area contributed by atoms with E-state index in [1.54, 1.807) is 12.1 Å². The molecule has 0 aromatic heterocycles. The zero-order valence-electron chi connectivity index (χ0n) is 20.5. The lowest BCUT2D eigenvalue weighted by Gasteiger charge is -2.31. The van der Waals surface area contributed by atoms with E-state index in [9.17, 15) is 18.0 Å². The fourth-order valence-electron chi connectivity index (χ4n) is 3.69. The molecule has 0 aliphatic carbocycles. The van der Waals surface area contributed by atoms with Gasteiger partial charge in [0, 0.05) is 25.5 Å². The molecule has 3 N–H and O–H groups in total. The van der Waals surface area contributed by atoms with Crippen LogP contribution in [-0.2, 0) is 32.6 Å². The second kappa shape index (κ2) is 12.0. The number of benzene rings is 2. The first-order chi connectivity index (χ1) is 16.7. The molecule has 1 aliphatic heterocycles. The summed E-state index contributed by atoms with van der Waals surface area (Å²) >= 11 is 0. The van der Waals surface area contributed by atoms with Crippen LogP contribution < -0.4 is 16.0 Å². The van der Waals surface area contributed by atoms with Crippen molar-refractivity contribution in [3.8, 4) is 0 Å². The first-order valence-electron chi connectivity index (χ1n) is 11.8. The lowest BCUT2D eigenvalue weighted by atomic mass is 10.1. The summed E-state index contributed by atoms with van der Waals surface area (Å²) in [6, 6.07) is 13.4. The van der Waals surface area contributed by atoms with Gasteiger partial charge in [-0.15, -0.1) is 0 Å². The maximum absolute atomic E-state index is 13.1. The van der Waals surface area contributed by atoms with Crippen molar-refractivity contribution in [1.29, 1.82) is 0 Å². The monoisotopic (exact) mass is 498 g/mol. The van der Waals surface area contributed by atoms with Gasteiger partial charge in [-0.3, -0.25) is 13.9 Å². The Morgan fingerprint density at radius 1 is 1.06 bits per heavy atom. The fourth-order valence-corrected chi connectivity index (χ4v) is 5.14. The van der Waals surface area contributed by atoms with Crippen molar-refractivity contribution in [3.63, 3.8) is 0 Å². The summed E-state index contributed by atoms with van der Waals surface area (Å²) < 4.78 is 27.2. The average Bonchev–Trinajstić information content (AvgIpc) is 2.81. The molecule has 0 fully saturated rings. The molecule has 1 heterocycles. The summed E-state index contributed by atoms with van der Waals surface area (Å²) in [6.07, 6.45) is 2.91. The highest BCUT2D eigenvalue weighted by Crippen LogP contribution is 2.22. The molecule has 0 bridgehead atoms. The molecule has 8 nitrogen and oxygen atoms in total. The highest BCUT2D eigenvalue weighted by molar-refractivity contribution is 7.89. The molecule has 0 saturated heterocycles. The van der Waals surface area contributed by atoms with Crippen molar-refractivity contribution in [1.82, 2.24) is 20.3 Å². The van der Waals surface area contributed by atoms with Crippen LogP contribution in [0, 0.1) is 12.8 Å². The fraction of sp³-hybridized carbons (Fsp3) is 0.385. The van der Waals surface area contributed by atoms with E-state index >= 15 is 0 Å². The predicted molar refractivity (Wildman–Crippen MR) is 136 cm³/mol. The van der Waals surface area contributed by atoms with Gasteiger partial charge in [-0.1, -0.05) is 55.8 Å². The minimum absolute atomic E-state index is 0.0655. The number of nitrogens with one attached hydrogen (secondary N) is 3. The summed E-state index contributed by atoms with van der Waals surface area (Å²) in [5.41, 5.74) is 3.20. The summed E-state index contributed by atoms with van der Waals surface area (Å²) in [4.78, 5) is 25.1. The van der Waals surface area contributed by atoms with Crippen LogP contribution >= 0.6 is 0 Å². The lowest BCUT2D eigenvalue weighted by molar-refractivity contribution is -0.129. The predicted octanol–water partition coefficient (Wildman–Crippen LogP) is 2.45. The Bertz CT molecular complexity index is 1140. The van der Waals surface area contributed by atoms with Gasteiger partial charge in [0.25, 0.3) is 10.0 Å². The Kier molecular flexibility index (Phi) is 9.06. The van der Waals surface area contributed by atoms with Crippen LogP contribution in [0.5, 0.6) is 0 Å². The van der Waals surface area contributed by atoms with Gasteiger partial charge in [0.2, 0.25) is 11.8 Å². The summed E-state index contributed by atoms with van der Waals surface area (Å²) in [6.45, 7) is 8.36. The Labute approximate surface area is 207 Å². The Morgan fingerprint density at radius 2 is 1.71 bits per heavy atom. The van der Waals surface area contributed by atoms with E-state index in [1.165, 1.54) is 30.1 Å². The van der Waals surface area contributed by atoms with Crippen molar-refractivity contribution in [2.24, 2.45) is 5.92 Å². The van der Waals surface area contributed by atoms with Crippen LogP contribution in [0.1, 0.15) is 37.0 Å². The Morgan fingerprint density at radius 3 is 2.37 bits per heavy atom. The third-order valence-corrected chi connectivity index (χ3v) is 7.47. The molecule has 0 radical (unpaired) electrons. The largest absolute Gasteiger partial charge is 0.356 e. The quantitative estimate of drug-likeness (QED) is 0.441. The highest BCUT2D eigenvalue weighted by atomic mass is 32.2. The van der Waals surface area contributed by atoms with E-state index in [1.807, 2.05) is 19.1 Å². The van der Waals surface area contributed by atoms with Gasteiger partial charge >= 0.3 is 0 Å². The molecule has 2 amide bonds. The number of sulfonamides is 1. The molecule has 35 heavy (non-hydrogen) atoms. The van der Waals surface area contributed by atoms with Gasteiger partial charge in [0.05, 0.1) is 11.3 Å². The summed E-state index contributed by atoms with van der Waals surface area (Å²) in [5.74, 6) is -0.331. The van der Waals surface area contributed by atoms with E-state index in [-0.39, 0.29) is 17.2 Å². The number of hydrogen-bond acceptors (Lipinski definition) is 5. The van der Waals surface area contributed by atoms with Crippen molar-refractivity contribution >= 4 is 21.8 Å². The molecular weight excluding hydrogens is 464 g/mol. The zero-order chi connectivity index (χ0) is 25.4. The van der Waals surface area contributed by atoms with Crippen molar-refractivity contribution < 1.29 is 18.0 Å². The van der Waals surface area contributed by atoms with Crippen LogP contribution in [0.4, 0.5) is 0 Å². The molecule has 1 aliphatic rings. The number of hydrogen-bond donors (Lipinski definition) is 3. The van der Waals surface area contributed by atoms with E-state index < -0.39 is 22.0 Å². The molecule has 3 rings (SSSR count). The van der Waals surface area contributed by atoms with Crippen LogP contribution in [0.3, 0.4) is 0 Å². The summed E-state index contributed by atoms with van der Waals surface area (Å²) in [7, 11) is -3.99. The second-order valence-electron chi connectivity index (χ2n) is 9.13. The standard InChI is InChI=1S/C26H34N4O4S/c1-19(2)17-27-18-22-8-6-21(7-9-22)12-13-28-25(31)16-24-26(32)29-14-15-30(24)35(33,34)23-10-4-20(3)5-11-23/h4-11,14-15,19,24,27H,12-13,16-18H2,1-3H3,(H,28,31)(H,29,32)/t24-/m1/s1. The third-order valence-electron chi connectivity index (χ3n) is 5.67. The van der Waals surface area contributed by atoms with Crippen molar-refractivity contribution in [2.45, 2.75) is 51.1 Å². The Hall–Kier alpha value is -3.17. The molecular formula is C26H34N4O4S. The first-order valence-corrected chi connectivity index (χ1v) is 13.2. The van der Waals surface area contributed by atoms with Gasteiger partial charge in [-0.2, -0.15) is 0 Å². The smallest absolute Gasteiger partial charge is 0.264 e. The van der Waals surface area contributed by atoms with Gasteiger partial charge in [-0.05, 0) is 49.1 Å². The van der Waals surface area contributed by atoms with E-state index in [4.69, 9.17) is 0 Å². The van der Waals surface area contributed by atoms with Gasteiger partial charge in [0.1, 0.15) is 6.04 Å². The van der Waals surface area contributed by atoms with E-state index in [0.717, 1.165) is 28.5 Å². The number of carbonyl (C=O) groups excluding carboxylic acids is 2. The summed E-state index contributed by atoms with van der Waals surface area (Å²) in [5, 5.41) is 8.71. The lowest BCUT2D eigenvalue weighted by Crippen LogP contribution is -2.51. The molecule has 2 aromatic rings. The van der Waals surface area contributed by atoms with Crippen LogP contribution in [0.25, 0.3) is 0 Å². The van der Waals surface area contributed by atoms with Crippen molar-refractivity contribution in [3.05, 3.63) is 77.6 Å². The van der Waals surface area contributed by atoms with Gasteiger partial charge in [0.15, 0.2) is 0 Å². The Balaban J connectivity index is 1.54. The first kappa shape index (κ1) is 26.4. The maximum Gasteiger partial charge on any atom is 0.264 e. The second-order valence-corrected chi connectivity index (χ2v) is 11.0. The molecule has 1 atom stereocenters. The van der Waals surface area contributed by atoms with E-state index in [2.05, 4.69) is 41.9 Å². The minimum Gasteiger partial charge on any atom is -0.356 e. The van der Waals surface area contributed by atoms with Crippen LogP contribution in [0.15, 0.2) is 65.8 Å². The third kappa shape index (κ3) is 7.40. The van der Waals surface area contributed by atoms with Crippen LogP contribution in [-0.4, -0.2) is 43.7 Å². The molecule has 9 heteroatoms. The number of carbonyl (C=O) groups is 2. The topological polar surface area (TPSA) is 108 Å². The minimum atomic E-state index is -3.99. The SMILES string of the molecule is Cc1ccc(S(=O)(=O)N2C=CNC(=O)[C@H]2CC(=O)NCCc2ccc(CNCC(C)C)cc2)cc1.